The van der Waals surface area contributed by atoms with E-state index in [1.165, 1.54) is 26.0 Å². The lowest BCUT2D eigenvalue weighted by Crippen LogP contribution is -2.25. The Morgan fingerprint density at radius 2 is 1.21 bits per heavy atom. The molecule has 0 amide bonds. The number of rotatable bonds is 4. The van der Waals surface area contributed by atoms with Crippen LogP contribution in [0.25, 0.3) is 11.1 Å². The molecule has 28 heavy (non-hydrogen) atoms. The molecule has 0 fully saturated rings. The van der Waals surface area contributed by atoms with Gasteiger partial charge in [0, 0.05) is 24.3 Å². The summed E-state index contributed by atoms with van der Waals surface area (Å²) in [6, 6.07) is 7.31. The van der Waals surface area contributed by atoms with Crippen molar-refractivity contribution < 1.29 is 31.1 Å². The highest BCUT2D eigenvalue weighted by Crippen LogP contribution is 2.39. The quantitative estimate of drug-likeness (QED) is 0.449. The van der Waals surface area contributed by atoms with Crippen molar-refractivity contribution in [2.45, 2.75) is 20.0 Å². The van der Waals surface area contributed by atoms with E-state index in [-0.39, 0.29) is 22.3 Å². The molecule has 0 aromatic heterocycles. The van der Waals surface area contributed by atoms with E-state index >= 15 is 0 Å². The van der Waals surface area contributed by atoms with E-state index in [1.807, 2.05) is 0 Å². The molecule has 0 aliphatic rings. The van der Waals surface area contributed by atoms with Gasteiger partial charge in [-0.1, -0.05) is 12.1 Å². The minimum atomic E-state index is -3.95. The van der Waals surface area contributed by atoms with Gasteiger partial charge >= 0.3 is 6.11 Å². The Kier molecular flexibility index (Phi) is 5.10. The van der Waals surface area contributed by atoms with Crippen LogP contribution >= 0.6 is 0 Å². The zero-order valence-electron chi connectivity index (χ0n) is 14.8. The van der Waals surface area contributed by atoms with Crippen LogP contribution in [0.4, 0.5) is 26.3 Å². The molecular formula is C21H14F6O. The van der Waals surface area contributed by atoms with Gasteiger partial charge in [0.2, 0.25) is 0 Å². The highest BCUT2D eigenvalue weighted by molar-refractivity contribution is 5.70. The van der Waals surface area contributed by atoms with E-state index < -0.39 is 40.7 Å². The summed E-state index contributed by atoms with van der Waals surface area (Å²) in [5, 5.41) is 0. The molecule has 7 heteroatoms. The minimum Gasteiger partial charge on any atom is -0.429 e. The van der Waals surface area contributed by atoms with Crippen LogP contribution in [0.1, 0.15) is 16.7 Å². The van der Waals surface area contributed by atoms with Gasteiger partial charge in [-0.25, -0.2) is 17.6 Å². The van der Waals surface area contributed by atoms with Crippen molar-refractivity contribution in [3.8, 4) is 16.9 Å². The Bertz CT molecular complexity index is 1000. The van der Waals surface area contributed by atoms with Gasteiger partial charge in [-0.3, -0.25) is 0 Å². The summed E-state index contributed by atoms with van der Waals surface area (Å²) in [5.41, 5.74) is -0.150. The number of hydrogen-bond donors (Lipinski definition) is 0. The first-order chi connectivity index (χ1) is 13.1. The topological polar surface area (TPSA) is 9.23 Å². The van der Waals surface area contributed by atoms with Gasteiger partial charge in [-0.15, -0.1) is 0 Å². The lowest BCUT2D eigenvalue weighted by molar-refractivity contribution is -0.186. The molecule has 0 aliphatic heterocycles. The third-order valence-corrected chi connectivity index (χ3v) is 4.22. The second kappa shape index (κ2) is 7.22. The maximum atomic E-state index is 14.9. The molecule has 146 valence electrons. The summed E-state index contributed by atoms with van der Waals surface area (Å²) in [7, 11) is 0. The molecule has 0 N–H and O–H groups in total. The highest BCUT2D eigenvalue weighted by Gasteiger charge is 2.38. The van der Waals surface area contributed by atoms with Crippen LogP contribution in [0.2, 0.25) is 0 Å². The summed E-state index contributed by atoms with van der Waals surface area (Å²) in [4.78, 5) is 0. The van der Waals surface area contributed by atoms with Crippen molar-refractivity contribution >= 4 is 0 Å². The second-order valence-electron chi connectivity index (χ2n) is 6.31. The summed E-state index contributed by atoms with van der Waals surface area (Å²) in [5.74, 6) is -4.53. The molecule has 3 rings (SSSR count). The maximum Gasteiger partial charge on any atom is 0.427 e. The largest absolute Gasteiger partial charge is 0.429 e. The van der Waals surface area contributed by atoms with E-state index in [4.69, 9.17) is 0 Å². The van der Waals surface area contributed by atoms with Gasteiger partial charge in [-0.2, -0.15) is 8.78 Å². The third kappa shape index (κ3) is 3.98. The maximum absolute atomic E-state index is 14.9. The first-order valence-electron chi connectivity index (χ1n) is 8.17. The lowest BCUT2D eigenvalue weighted by atomic mass is 9.92. The first kappa shape index (κ1) is 19.8. The van der Waals surface area contributed by atoms with Gasteiger partial charge in [0.05, 0.1) is 5.56 Å². The Labute approximate surface area is 157 Å². The summed E-state index contributed by atoms with van der Waals surface area (Å²) < 4.78 is 88.0. The molecule has 0 aliphatic carbocycles. The third-order valence-electron chi connectivity index (χ3n) is 4.22. The molecule has 3 aromatic carbocycles. The first-order valence-corrected chi connectivity index (χ1v) is 8.17. The lowest BCUT2D eigenvalue weighted by Gasteiger charge is -2.23. The van der Waals surface area contributed by atoms with Crippen LogP contribution in [-0.4, -0.2) is 0 Å². The Hall–Kier alpha value is -2.96. The average molecular weight is 396 g/mol. The number of aryl methyl sites for hydroxylation is 1. The van der Waals surface area contributed by atoms with Crippen molar-refractivity contribution in [3.63, 3.8) is 0 Å². The SMILES string of the molecule is Cc1ccc(-c2cc(F)cc(F)c2)c(C)c1C(F)(F)Oc1cc(F)cc(F)c1. The minimum absolute atomic E-state index is 0.0203. The number of hydrogen-bond acceptors (Lipinski definition) is 1. The number of ether oxygens (including phenoxy) is 1. The van der Waals surface area contributed by atoms with Crippen molar-refractivity contribution in [2.24, 2.45) is 0 Å². The Balaban J connectivity index is 2.10. The predicted octanol–water partition coefficient (Wildman–Crippen LogP) is 6.66. The Morgan fingerprint density at radius 3 is 1.75 bits per heavy atom. The molecule has 0 radical (unpaired) electrons. The number of alkyl halides is 2. The molecule has 0 saturated carbocycles. The standard InChI is InChI=1S/C21H14F6O/c1-11-3-4-19(13-5-14(22)7-15(23)6-13)12(2)20(11)21(26,27)28-18-9-16(24)8-17(25)10-18/h3-10H,1-2H3. The summed E-state index contributed by atoms with van der Waals surface area (Å²) in [6.07, 6.45) is -3.95. The monoisotopic (exact) mass is 396 g/mol. The molecule has 0 unspecified atom stereocenters. The molecule has 1 nitrogen and oxygen atoms in total. The zero-order valence-corrected chi connectivity index (χ0v) is 14.8. The molecule has 0 bridgehead atoms. The molecule has 0 spiro atoms. The smallest absolute Gasteiger partial charge is 0.427 e. The highest BCUT2D eigenvalue weighted by atomic mass is 19.3. The van der Waals surface area contributed by atoms with E-state index in [0.717, 1.165) is 12.1 Å². The van der Waals surface area contributed by atoms with E-state index in [2.05, 4.69) is 4.74 Å². The van der Waals surface area contributed by atoms with Crippen LogP contribution in [0.15, 0.2) is 48.5 Å². The normalized spacial score (nSPS) is 11.6. The van der Waals surface area contributed by atoms with Crippen LogP contribution in [0.3, 0.4) is 0 Å². The number of benzene rings is 3. The zero-order chi connectivity index (χ0) is 20.6. The molecule has 0 heterocycles. The van der Waals surface area contributed by atoms with Gasteiger partial charge in [0.25, 0.3) is 0 Å². The van der Waals surface area contributed by atoms with E-state index in [0.29, 0.717) is 24.3 Å². The van der Waals surface area contributed by atoms with Crippen molar-refractivity contribution in [1.82, 2.24) is 0 Å². The van der Waals surface area contributed by atoms with Crippen LogP contribution in [0.5, 0.6) is 5.75 Å². The summed E-state index contributed by atoms with van der Waals surface area (Å²) >= 11 is 0. The fourth-order valence-electron chi connectivity index (χ4n) is 3.10. The van der Waals surface area contributed by atoms with Gasteiger partial charge in [0.15, 0.2) is 0 Å². The van der Waals surface area contributed by atoms with Crippen molar-refractivity contribution in [1.29, 1.82) is 0 Å². The number of halogens is 6. The van der Waals surface area contributed by atoms with Crippen LogP contribution < -0.4 is 4.74 Å². The van der Waals surface area contributed by atoms with Gasteiger partial charge < -0.3 is 4.74 Å². The molecule has 0 saturated heterocycles. The fourth-order valence-corrected chi connectivity index (χ4v) is 3.10. The molecule has 3 aromatic rings. The summed E-state index contributed by atoms with van der Waals surface area (Å²) in [6.45, 7) is 2.76. The van der Waals surface area contributed by atoms with Gasteiger partial charge in [0.1, 0.15) is 29.0 Å². The van der Waals surface area contributed by atoms with E-state index in [1.54, 1.807) is 0 Å². The average Bonchev–Trinajstić information content (AvgIpc) is 2.51. The van der Waals surface area contributed by atoms with Crippen molar-refractivity contribution in [2.75, 3.05) is 0 Å². The van der Waals surface area contributed by atoms with Crippen LogP contribution in [0, 0.1) is 37.1 Å². The molecule has 0 atom stereocenters. The van der Waals surface area contributed by atoms with Crippen molar-refractivity contribution in [3.05, 3.63) is 88.5 Å². The second-order valence-corrected chi connectivity index (χ2v) is 6.31. The molecular weight excluding hydrogens is 382 g/mol. The van der Waals surface area contributed by atoms with Gasteiger partial charge in [-0.05, 0) is 48.2 Å². The predicted molar refractivity (Wildman–Crippen MR) is 92.1 cm³/mol. The van der Waals surface area contributed by atoms with E-state index in [9.17, 15) is 26.3 Å². The fraction of sp³-hybridized carbons (Fsp3) is 0.143. The Morgan fingerprint density at radius 1 is 0.714 bits per heavy atom. The van der Waals surface area contributed by atoms with Crippen LogP contribution in [-0.2, 0) is 6.11 Å².